The molecule has 0 bridgehead atoms. The summed E-state index contributed by atoms with van der Waals surface area (Å²) in [7, 11) is 3.52. The molecule has 1 aromatic carbocycles. The van der Waals surface area contributed by atoms with Gasteiger partial charge in [0.25, 0.3) is 0 Å². The van der Waals surface area contributed by atoms with Crippen LogP contribution in [0.25, 0.3) is 0 Å². The van der Waals surface area contributed by atoms with Crippen molar-refractivity contribution in [2.75, 3.05) is 13.7 Å². The van der Waals surface area contributed by atoms with E-state index in [4.69, 9.17) is 0 Å². The van der Waals surface area contributed by atoms with Crippen LogP contribution in [0.15, 0.2) is 29.3 Å². The number of nitrogens with one attached hydrogen (secondary N) is 2. The fourth-order valence-electron chi connectivity index (χ4n) is 2.04. The number of hydrogen-bond acceptors (Lipinski definition) is 4. The van der Waals surface area contributed by atoms with Crippen molar-refractivity contribution in [1.29, 1.82) is 0 Å². The van der Waals surface area contributed by atoms with Gasteiger partial charge in [0.15, 0.2) is 18.4 Å². The zero-order valence-electron chi connectivity index (χ0n) is 14.8. The molecule has 1 aromatic heterocycles. The molecule has 0 atom stereocenters. The molecule has 0 spiro atoms. The molecule has 0 aliphatic carbocycles. The highest BCUT2D eigenvalue weighted by molar-refractivity contribution is 5.79. The van der Waals surface area contributed by atoms with Crippen molar-refractivity contribution in [3.05, 3.63) is 41.5 Å². The highest BCUT2D eigenvalue weighted by Crippen LogP contribution is 2.18. The van der Waals surface area contributed by atoms with Crippen LogP contribution < -0.4 is 15.4 Å². The lowest BCUT2D eigenvalue weighted by molar-refractivity contribution is -0.153. The Bertz CT molecular complexity index is 739. The maximum atomic E-state index is 12.1. The number of rotatable bonds is 6. The van der Waals surface area contributed by atoms with Gasteiger partial charge in [0, 0.05) is 20.6 Å². The van der Waals surface area contributed by atoms with E-state index in [9.17, 15) is 13.2 Å². The molecule has 2 aromatic rings. The van der Waals surface area contributed by atoms with Gasteiger partial charge in [-0.3, -0.25) is 4.99 Å². The third-order valence-corrected chi connectivity index (χ3v) is 3.61. The summed E-state index contributed by atoms with van der Waals surface area (Å²) in [4.78, 5) is 4.12. The zero-order valence-corrected chi connectivity index (χ0v) is 14.8. The molecule has 26 heavy (non-hydrogen) atoms. The van der Waals surface area contributed by atoms with Crippen molar-refractivity contribution < 1.29 is 17.9 Å². The Kier molecular flexibility index (Phi) is 6.42. The lowest BCUT2D eigenvalue weighted by Crippen LogP contribution is -2.36. The molecule has 0 unspecified atom stereocenters. The van der Waals surface area contributed by atoms with Gasteiger partial charge in [-0.15, -0.1) is 10.2 Å². The van der Waals surface area contributed by atoms with Gasteiger partial charge >= 0.3 is 6.18 Å². The highest BCUT2D eigenvalue weighted by Gasteiger charge is 2.28. The van der Waals surface area contributed by atoms with E-state index in [1.165, 1.54) is 12.1 Å². The van der Waals surface area contributed by atoms with Crippen LogP contribution in [0, 0.1) is 6.92 Å². The van der Waals surface area contributed by atoms with Crippen LogP contribution in [0.2, 0.25) is 0 Å². The molecule has 0 aliphatic rings. The molecule has 2 rings (SSSR count). The molecule has 0 radical (unpaired) electrons. The van der Waals surface area contributed by atoms with Crippen LogP contribution in [-0.4, -0.2) is 40.6 Å². The topological polar surface area (TPSA) is 76.4 Å². The Morgan fingerprint density at radius 3 is 2.35 bits per heavy atom. The molecule has 0 saturated heterocycles. The smallest absolute Gasteiger partial charge is 0.422 e. The summed E-state index contributed by atoms with van der Waals surface area (Å²) in [6.45, 7) is 1.48. The van der Waals surface area contributed by atoms with Gasteiger partial charge < -0.3 is 19.9 Å². The van der Waals surface area contributed by atoms with Gasteiger partial charge in [-0.1, -0.05) is 12.1 Å². The van der Waals surface area contributed by atoms with E-state index >= 15 is 0 Å². The van der Waals surface area contributed by atoms with Gasteiger partial charge in [0.1, 0.15) is 11.6 Å². The van der Waals surface area contributed by atoms with E-state index in [2.05, 4.69) is 30.6 Å². The molecule has 10 heteroatoms. The monoisotopic (exact) mass is 370 g/mol. The molecule has 0 amide bonds. The molecule has 0 fully saturated rings. The SMILES string of the molecule is CN=C(NCc1ccc(OCC(F)(F)F)cc1)NCc1nnc(C)n1C. The first-order chi connectivity index (χ1) is 12.3. The number of aryl methyl sites for hydroxylation is 1. The number of alkyl halides is 3. The second kappa shape index (κ2) is 8.54. The summed E-state index contributed by atoms with van der Waals surface area (Å²) in [6, 6.07) is 6.39. The summed E-state index contributed by atoms with van der Waals surface area (Å²) in [5.74, 6) is 2.34. The average molecular weight is 370 g/mol. The quantitative estimate of drug-likeness (QED) is 0.600. The summed E-state index contributed by atoms with van der Waals surface area (Å²) in [5, 5.41) is 14.3. The lowest BCUT2D eigenvalue weighted by Gasteiger charge is -2.12. The minimum absolute atomic E-state index is 0.172. The third kappa shape index (κ3) is 5.94. The van der Waals surface area contributed by atoms with Crippen molar-refractivity contribution in [2.24, 2.45) is 12.0 Å². The molecule has 1 heterocycles. The van der Waals surface area contributed by atoms with Crippen molar-refractivity contribution in [1.82, 2.24) is 25.4 Å². The fourth-order valence-corrected chi connectivity index (χ4v) is 2.04. The third-order valence-electron chi connectivity index (χ3n) is 3.61. The Morgan fingerprint density at radius 2 is 1.81 bits per heavy atom. The number of benzene rings is 1. The number of nitrogens with zero attached hydrogens (tertiary/aromatic N) is 4. The first-order valence-electron chi connectivity index (χ1n) is 7.86. The Morgan fingerprint density at radius 1 is 1.15 bits per heavy atom. The van der Waals surface area contributed by atoms with Crippen LogP contribution in [0.5, 0.6) is 5.75 Å². The molecule has 7 nitrogen and oxygen atoms in total. The maximum absolute atomic E-state index is 12.1. The molecular formula is C16H21F3N6O. The predicted molar refractivity (Wildman–Crippen MR) is 90.8 cm³/mol. The lowest BCUT2D eigenvalue weighted by atomic mass is 10.2. The van der Waals surface area contributed by atoms with E-state index in [0.29, 0.717) is 19.0 Å². The van der Waals surface area contributed by atoms with Crippen molar-refractivity contribution in [3.63, 3.8) is 0 Å². The van der Waals surface area contributed by atoms with E-state index < -0.39 is 12.8 Å². The van der Waals surface area contributed by atoms with E-state index in [0.717, 1.165) is 17.2 Å². The highest BCUT2D eigenvalue weighted by atomic mass is 19.4. The second-order valence-electron chi connectivity index (χ2n) is 5.55. The first-order valence-corrected chi connectivity index (χ1v) is 7.86. The number of aromatic nitrogens is 3. The van der Waals surface area contributed by atoms with Crippen LogP contribution >= 0.6 is 0 Å². The predicted octanol–water partition coefficient (Wildman–Crippen LogP) is 1.93. The fraction of sp³-hybridized carbons (Fsp3) is 0.438. The van der Waals surface area contributed by atoms with Gasteiger partial charge in [-0.2, -0.15) is 13.2 Å². The van der Waals surface area contributed by atoms with Crippen molar-refractivity contribution >= 4 is 5.96 Å². The van der Waals surface area contributed by atoms with Gasteiger partial charge in [0.05, 0.1) is 6.54 Å². The number of guanidine groups is 1. The molecule has 142 valence electrons. The van der Waals surface area contributed by atoms with Crippen molar-refractivity contribution in [3.8, 4) is 5.75 Å². The van der Waals surface area contributed by atoms with Crippen LogP contribution in [0.4, 0.5) is 13.2 Å². The minimum atomic E-state index is -4.35. The summed E-state index contributed by atoms with van der Waals surface area (Å²) < 4.78 is 42.9. The zero-order chi connectivity index (χ0) is 19.2. The number of aliphatic imine (C=N–C) groups is 1. The number of halogens is 3. The first kappa shape index (κ1) is 19.5. The Hall–Kier alpha value is -2.78. The number of ether oxygens (including phenoxy) is 1. The molecule has 2 N–H and O–H groups in total. The Balaban J connectivity index is 1.81. The average Bonchev–Trinajstić information content (AvgIpc) is 2.92. The standard InChI is InChI=1S/C16H21F3N6O/c1-11-23-24-14(25(11)3)9-22-15(20-2)21-8-12-4-6-13(7-5-12)26-10-16(17,18)19/h4-7H,8-10H2,1-3H3,(H2,20,21,22). The van der Waals surface area contributed by atoms with E-state index in [1.54, 1.807) is 19.2 Å². The van der Waals surface area contributed by atoms with Gasteiger partial charge in [-0.25, -0.2) is 0 Å². The van der Waals surface area contributed by atoms with Gasteiger partial charge in [-0.05, 0) is 24.6 Å². The van der Waals surface area contributed by atoms with Crippen LogP contribution in [0.1, 0.15) is 17.2 Å². The molecular weight excluding hydrogens is 349 g/mol. The maximum Gasteiger partial charge on any atom is 0.422 e. The van der Waals surface area contributed by atoms with Crippen LogP contribution in [-0.2, 0) is 20.1 Å². The Labute approximate surface area is 149 Å². The minimum Gasteiger partial charge on any atom is -0.484 e. The van der Waals surface area contributed by atoms with E-state index in [-0.39, 0.29) is 5.75 Å². The molecule has 0 aliphatic heterocycles. The summed E-state index contributed by atoms with van der Waals surface area (Å²) >= 11 is 0. The van der Waals surface area contributed by atoms with Crippen molar-refractivity contribution in [2.45, 2.75) is 26.2 Å². The van der Waals surface area contributed by atoms with E-state index in [1.807, 2.05) is 18.5 Å². The second-order valence-corrected chi connectivity index (χ2v) is 5.55. The van der Waals surface area contributed by atoms with Crippen LogP contribution in [0.3, 0.4) is 0 Å². The largest absolute Gasteiger partial charge is 0.484 e. The normalized spacial score (nSPS) is 12.2. The summed E-state index contributed by atoms with van der Waals surface area (Å²) in [6.07, 6.45) is -4.35. The summed E-state index contributed by atoms with van der Waals surface area (Å²) in [5.41, 5.74) is 0.877. The number of hydrogen-bond donors (Lipinski definition) is 2. The van der Waals surface area contributed by atoms with Gasteiger partial charge in [0.2, 0.25) is 0 Å². The molecule has 0 saturated carbocycles.